The lowest BCUT2D eigenvalue weighted by molar-refractivity contribution is 0.316. The predicted molar refractivity (Wildman–Crippen MR) is 478 cm³/mol. The van der Waals surface area contributed by atoms with E-state index in [9.17, 15) is 0 Å². The second kappa shape index (κ2) is 23.7. The van der Waals surface area contributed by atoms with E-state index in [0.29, 0.717) is 5.92 Å². The molecule has 0 aliphatic heterocycles. The molecule has 538 valence electrons. The van der Waals surface area contributed by atoms with Gasteiger partial charge in [-0.05, 0) is 244 Å². The van der Waals surface area contributed by atoms with E-state index < -0.39 is 0 Å². The van der Waals surface area contributed by atoms with Gasteiger partial charge in [-0.2, -0.15) is 0 Å². The van der Waals surface area contributed by atoms with Gasteiger partial charge >= 0.3 is 0 Å². The van der Waals surface area contributed by atoms with Gasteiger partial charge in [0.1, 0.15) is 11.2 Å². The fourth-order valence-electron chi connectivity index (χ4n) is 22.6. The Morgan fingerprint density at radius 1 is 0.254 bits per heavy atom. The Kier molecular flexibility index (Phi) is 13.2. The second-order valence-electron chi connectivity index (χ2n) is 33.2. The van der Waals surface area contributed by atoms with Crippen LogP contribution in [0.3, 0.4) is 0 Å². The number of benzene rings is 16. The lowest BCUT2D eigenvalue weighted by Gasteiger charge is -2.40. The van der Waals surface area contributed by atoms with Crippen LogP contribution in [0.1, 0.15) is 91.5 Å². The van der Waals surface area contributed by atoms with Gasteiger partial charge in [-0.3, -0.25) is 0 Å². The minimum absolute atomic E-state index is 0.0210. The van der Waals surface area contributed by atoms with Crippen LogP contribution in [-0.4, -0.2) is 18.3 Å². The molecule has 2 fully saturated rings. The van der Waals surface area contributed by atoms with Gasteiger partial charge in [-0.25, -0.2) is 0 Å². The summed E-state index contributed by atoms with van der Waals surface area (Å²) in [6.07, 6.45) is 10.5. The molecule has 4 aliphatic carbocycles. The average molecular weight is 1480 g/mol. The van der Waals surface area contributed by atoms with E-state index in [0.717, 1.165) is 53.6 Å². The van der Waals surface area contributed by atoms with Crippen molar-refractivity contribution in [2.75, 3.05) is 0 Å². The molecule has 5 nitrogen and oxygen atoms in total. The van der Waals surface area contributed by atoms with Crippen LogP contribution in [0, 0.1) is 0 Å². The van der Waals surface area contributed by atoms with E-state index in [1.165, 1.54) is 229 Å². The Morgan fingerprint density at radius 3 is 1.41 bits per heavy atom. The highest BCUT2D eigenvalue weighted by Crippen LogP contribution is 2.62. The quantitative estimate of drug-likeness (QED) is 0.157. The van der Waals surface area contributed by atoms with E-state index in [2.05, 4.69) is 352 Å². The minimum Gasteiger partial charge on any atom is -0.456 e. The Bertz CT molecular complexity index is 7920. The van der Waals surface area contributed by atoms with E-state index in [1.54, 1.807) is 0 Å². The van der Waals surface area contributed by atoms with Crippen molar-refractivity contribution >= 4 is 141 Å². The maximum atomic E-state index is 7.22. The standard InChI is InChI=1S/C108H74N4OS/c1-4-22-71(23-5-1)109-95-32-14-9-27-76(95)79-43-36-67(55-99(79)109)65-39-48-92-85(53-65)87-63-102-89(60-93(87)107(92)50-18-3-19-51-107)78-29-11-16-34-97(78)112(102)73-41-46-82-81-45-38-69(57-103(81)113-104(82)58-73)70-21-20-52-108(64-70)91-31-13-8-26-75(91)86-62-101-90(61-94(86)108)80-44-37-68(56-100(80)110(101)72-24-6-2-7-25-72)66-40-49-98-88(54-66)77-28-10-15-33-96(77)111(98)74-42-47-84-83-30-12-17-35-105(83)114-106(84)59-74/h1-2,4-17,22-49,53-63,70H,3,18-21,50-52,64H2. The summed E-state index contributed by atoms with van der Waals surface area (Å²) in [5.74, 6) is 0.330. The second-order valence-corrected chi connectivity index (χ2v) is 34.3. The Morgan fingerprint density at radius 2 is 0.702 bits per heavy atom. The molecule has 2 saturated carbocycles. The minimum atomic E-state index is -0.162. The van der Waals surface area contributed by atoms with Crippen LogP contribution >= 0.6 is 11.3 Å². The van der Waals surface area contributed by atoms with Crippen molar-refractivity contribution in [3.63, 3.8) is 0 Å². The SMILES string of the molecule is c1ccc(-n2c3ccccc3c3ccc(-c4ccc5c(c4)-c4cc6c(cc4C54CCCCC4)c4ccccc4n6-c4ccc5c(c4)oc4cc(C6CCCC7(C6)c6ccccc6-c6cc8c(cc67)c6ccc(-c7ccc9c(c7)c7ccccc7n9-c7ccc9c(c7)sc7ccccc79)cc6n8-c6ccccc6)ccc45)cc32)cc1. The van der Waals surface area contributed by atoms with Gasteiger partial charge in [0, 0.05) is 114 Å². The molecule has 0 saturated heterocycles. The normalized spacial score (nSPS) is 16.5. The highest BCUT2D eigenvalue weighted by atomic mass is 32.1. The molecule has 22 aromatic rings. The van der Waals surface area contributed by atoms with Crippen LogP contribution in [0.2, 0.25) is 0 Å². The molecule has 2 unspecified atom stereocenters. The molecule has 2 atom stereocenters. The number of aromatic nitrogens is 4. The Hall–Kier alpha value is -13.3. The summed E-state index contributed by atoms with van der Waals surface area (Å²) in [6, 6.07) is 128. The summed E-state index contributed by atoms with van der Waals surface area (Å²) in [5, 5.41) is 15.2. The van der Waals surface area contributed by atoms with Gasteiger partial charge in [0.05, 0.1) is 44.1 Å². The summed E-state index contributed by atoms with van der Waals surface area (Å²) in [6.45, 7) is 0. The number of para-hydroxylation sites is 5. The largest absolute Gasteiger partial charge is 0.456 e. The first kappa shape index (κ1) is 63.4. The van der Waals surface area contributed by atoms with E-state index in [-0.39, 0.29) is 10.8 Å². The molecule has 0 amide bonds. The lowest BCUT2D eigenvalue weighted by atomic mass is 9.63. The topological polar surface area (TPSA) is 32.9 Å². The highest BCUT2D eigenvalue weighted by Gasteiger charge is 2.48. The van der Waals surface area contributed by atoms with Crippen molar-refractivity contribution < 1.29 is 4.42 Å². The number of nitrogens with zero attached hydrogens (tertiary/aromatic N) is 4. The molecule has 4 aliphatic rings. The lowest BCUT2D eigenvalue weighted by Crippen LogP contribution is -2.31. The summed E-state index contributed by atoms with van der Waals surface area (Å²) in [4.78, 5) is 0. The fraction of sp³-hybridized carbons (Fsp3) is 0.111. The van der Waals surface area contributed by atoms with E-state index in [4.69, 9.17) is 4.42 Å². The molecule has 0 radical (unpaired) electrons. The van der Waals surface area contributed by atoms with Crippen molar-refractivity contribution in [3.05, 3.63) is 361 Å². The van der Waals surface area contributed by atoms with Crippen LogP contribution in [-0.2, 0) is 10.8 Å². The zero-order valence-corrected chi connectivity index (χ0v) is 63.6. The molecular weight excluding hydrogens is 1400 g/mol. The van der Waals surface area contributed by atoms with Crippen LogP contribution in [0.5, 0.6) is 0 Å². The van der Waals surface area contributed by atoms with Crippen LogP contribution in [0.4, 0.5) is 0 Å². The first-order chi connectivity index (χ1) is 56.4. The molecule has 2 spiro atoms. The maximum Gasteiger partial charge on any atom is 0.137 e. The number of furan rings is 1. The summed E-state index contributed by atoms with van der Waals surface area (Å²) < 4.78 is 19.8. The summed E-state index contributed by atoms with van der Waals surface area (Å²) in [5.41, 5.74) is 33.8. The maximum absolute atomic E-state index is 7.22. The number of thiophene rings is 1. The Balaban J connectivity index is 0.560. The van der Waals surface area contributed by atoms with Crippen LogP contribution in [0.25, 0.3) is 197 Å². The van der Waals surface area contributed by atoms with Crippen LogP contribution in [0.15, 0.2) is 338 Å². The molecular formula is C108H74N4OS. The summed E-state index contributed by atoms with van der Waals surface area (Å²) >= 11 is 1.88. The van der Waals surface area contributed by atoms with Gasteiger partial charge in [-0.1, -0.05) is 220 Å². The third kappa shape index (κ3) is 8.84. The Labute approximate surface area is 662 Å². The van der Waals surface area contributed by atoms with E-state index in [1.807, 2.05) is 11.3 Å². The summed E-state index contributed by atoms with van der Waals surface area (Å²) in [7, 11) is 0. The number of hydrogen-bond donors (Lipinski definition) is 0. The van der Waals surface area contributed by atoms with Gasteiger partial charge in [-0.15, -0.1) is 11.3 Å². The van der Waals surface area contributed by atoms with Gasteiger partial charge < -0.3 is 22.7 Å². The number of rotatable bonds is 7. The molecule has 114 heavy (non-hydrogen) atoms. The smallest absolute Gasteiger partial charge is 0.137 e. The molecule has 0 N–H and O–H groups in total. The average Bonchev–Trinajstić information content (AvgIpc) is 1.52. The van der Waals surface area contributed by atoms with Crippen molar-refractivity contribution in [1.82, 2.24) is 18.3 Å². The van der Waals surface area contributed by atoms with Gasteiger partial charge in [0.25, 0.3) is 0 Å². The fourth-order valence-corrected chi connectivity index (χ4v) is 23.8. The number of hydrogen-bond acceptors (Lipinski definition) is 2. The van der Waals surface area contributed by atoms with E-state index >= 15 is 0 Å². The molecule has 16 aromatic carbocycles. The van der Waals surface area contributed by atoms with Crippen molar-refractivity contribution in [2.45, 2.75) is 74.5 Å². The molecule has 0 bridgehead atoms. The van der Waals surface area contributed by atoms with Crippen molar-refractivity contribution in [3.8, 4) is 67.3 Å². The van der Waals surface area contributed by atoms with Crippen LogP contribution < -0.4 is 0 Å². The molecule has 6 aromatic heterocycles. The monoisotopic (exact) mass is 1470 g/mol. The zero-order valence-electron chi connectivity index (χ0n) is 62.8. The molecule has 26 rings (SSSR count). The van der Waals surface area contributed by atoms with Gasteiger partial charge in [0.15, 0.2) is 0 Å². The molecule has 6 heteroatoms. The predicted octanol–water partition coefficient (Wildman–Crippen LogP) is 29.5. The first-order valence-corrected chi connectivity index (χ1v) is 41.8. The molecule has 6 heterocycles. The van der Waals surface area contributed by atoms with Gasteiger partial charge in [0.2, 0.25) is 0 Å². The number of fused-ring (bicyclic) bond motifs is 28. The van der Waals surface area contributed by atoms with Crippen molar-refractivity contribution in [1.29, 1.82) is 0 Å². The van der Waals surface area contributed by atoms with Crippen molar-refractivity contribution in [2.24, 2.45) is 0 Å². The highest BCUT2D eigenvalue weighted by molar-refractivity contribution is 7.25. The zero-order chi connectivity index (χ0) is 74.2. The third-order valence-corrected chi connectivity index (χ3v) is 28.8. The third-order valence-electron chi connectivity index (χ3n) is 27.6. The first-order valence-electron chi connectivity index (χ1n) is 41.0.